The van der Waals surface area contributed by atoms with E-state index in [9.17, 15) is 4.79 Å². The highest BCUT2D eigenvalue weighted by atomic mass is 16.6. The van der Waals surface area contributed by atoms with Crippen molar-refractivity contribution < 1.29 is 9.53 Å². The second-order valence-electron chi connectivity index (χ2n) is 7.13. The van der Waals surface area contributed by atoms with Crippen LogP contribution in [0.1, 0.15) is 73.6 Å². The lowest BCUT2D eigenvalue weighted by atomic mass is 9.87. The van der Waals surface area contributed by atoms with Crippen molar-refractivity contribution in [3.8, 4) is 0 Å². The summed E-state index contributed by atoms with van der Waals surface area (Å²) in [6.07, 6.45) is 5.54. The third-order valence-corrected chi connectivity index (χ3v) is 2.99. The maximum absolute atomic E-state index is 11.5. The second-order valence-corrected chi connectivity index (χ2v) is 7.13. The molecule has 19 heavy (non-hydrogen) atoms. The van der Waals surface area contributed by atoms with E-state index in [1.807, 2.05) is 20.8 Å². The number of carbonyl (C=O) groups excluding carboxylic acids is 1. The van der Waals surface area contributed by atoms with Gasteiger partial charge in [-0.15, -0.1) is 0 Å². The molecule has 0 saturated heterocycles. The van der Waals surface area contributed by atoms with Crippen LogP contribution >= 0.6 is 0 Å². The average molecular weight is 271 g/mol. The molecule has 0 unspecified atom stereocenters. The van der Waals surface area contributed by atoms with Gasteiger partial charge in [0.25, 0.3) is 0 Å². The van der Waals surface area contributed by atoms with Gasteiger partial charge in [0.15, 0.2) is 0 Å². The Labute approximate surface area is 119 Å². The standard InChI is InChI=1S/C16H33NO2/c1-7-8-9-11-16(5,6)13-17-12-10-14(18)19-15(2,3)4/h17H,7-13H2,1-6H3. The first kappa shape index (κ1) is 18.4. The molecule has 1 N–H and O–H groups in total. The van der Waals surface area contributed by atoms with E-state index in [0.29, 0.717) is 18.4 Å². The zero-order valence-corrected chi connectivity index (χ0v) is 13.8. The molecule has 0 aromatic carbocycles. The maximum Gasteiger partial charge on any atom is 0.307 e. The third kappa shape index (κ3) is 12.2. The van der Waals surface area contributed by atoms with Gasteiger partial charge in [-0.25, -0.2) is 0 Å². The molecule has 0 aliphatic rings. The van der Waals surface area contributed by atoms with E-state index >= 15 is 0 Å². The van der Waals surface area contributed by atoms with Gasteiger partial charge < -0.3 is 10.1 Å². The number of ether oxygens (including phenoxy) is 1. The SMILES string of the molecule is CCCCCC(C)(C)CNCCC(=O)OC(C)(C)C. The van der Waals surface area contributed by atoms with Gasteiger partial charge >= 0.3 is 5.97 Å². The van der Waals surface area contributed by atoms with Gasteiger partial charge in [0.1, 0.15) is 5.60 Å². The number of hydrogen-bond acceptors (Lipinski definition) is 3. The predicted octanol–water partition coefficient (Wildman–Crippen LogP) is 3.91. The Balaban J connectivity index is 3.70. The van der Waals surface area contributed by atoms with Crippen LogP contribution in [0.5, 0.6) is 0 Å². The minimum atomic E-state index is -0.378. The molecule has 3 heteroatoms. The molecule has 0 aromatic rings. The monoisotopic (exact) mass is 271 g/mol. The van der Waals surface area contributed by atoms with Crippen molar-refractivity contribution in [2.45, 2.75) is 79.2 Å². The third-order valence-electron chi connectivity index (χ3n) is 2.99. The normalized spacial score (nSPS) is 12.5. The lowest BCUT2D eigenvalue weighted by Crippen LogP contribution is -2.32. The highest BCUT2D eigenvalue weighted by Crippen LogP contribution is 2.22. The van der Waals surface area contributed by atoms with Gasteiger partial charge in [0.05, 0.1) is 6.42 Å². The molecule has 0 aliphatic carbocycles. The van der Waals surface area contributed by atoms with Crippen LogP contribution in [0, 0.1) is 5.41 Å². The molecule has 0 radical (unpaired) electrons. The predicted molar refractivity (Wildman–Crippen MR) is 81.3 cm³/mol. The number of hydrogen-bond donors (Lipinski definition) is 1. The van der Waals surface area contributed by atoms with Crippen LogP contribution in [0.3, 0.4) is 0 Å². The number of unbranched alkanes of at least 4 members (excludes halogenated alkanes) is 2. The van der Waals surface area contributed by atoms with Crippen molar-refractivity contribution in [3.63, 3.8) is 0 Å². The minimum Gasteiger partial charge on any atom is -0.460 e. The summed E-state index contributed by atoms with van der Waals surface area (Å²) in [5, 5.41) is 3.37. The van der Waals surface area contributed by atoms with Gasteiger partial charge in [-0.3, -0.25) is 4.79 Å². The van der Waals surface area contributed by atoms with E-state index in [2.05, 4.69) is 26.1 Å². The number of carbonyl (C=O) groups is 1. The molecule has 0 amide bonds. The van der Waals surface area contributed by atoms with Crippen molar-refractivity contribution in [2.75, 3.05) is 13.1 Å². The summed E-state index contributed by atoms with van der Waals surface area (Å²) in [5.74, 6) is -0.121. The van der Waals surface area contributed by atoms with Crippen LogP contribution in [0.25, 0.3) is 0 Å². The summed E-state index contributed by atoms with van der Waals surface area (Å²) in [6.45, 7) is 14.1. The molecular weight excluding hydrogens is 238 g/mol. The Morgan fingerprint density at radius 3 is 2.26 bits per heavy atom. The fraction of sp³-hybridized carbons (Fsp3) is 0.938. The first-order valence-corrected chi connectivity index (χ1v) is 7.59. The fourth-order valence-corrected chi connectivity index (χ4v) is 1.95. The van der Waals surface area contributed by atoms with E-state index in [-0.39, 0.29) is 11.6 Å². The molecule has 0 rings (SSSR count). The van der Waals surface area contributed by atoms with E-state index in [0.717, 1.165) is 6.54 Å². The van der Waals surface area contributed by atoms with Crippen LogP contribution in [-0.2, 0) is 9.53 Å². The Hall–Kier alpha value is -0.570. The maximum atomic E-state index is 11.5. The molecule has 0 spiro atoms. The quantitative estimate of drug-likeness (QED) is 0.510. The zero-order valence-electron chi connectivity index (χ0n) is 13.8. The molecule has 0 fully saturated rings. The van der Waals surface area contributed by atoms with Crippen LogP contribution in [0.4, 0.5) is 0 Å². The molecule has 0 aromatic heterocycles. The van der Waals surface area contributed by atoms with Gasteiger partial charge in [-0.1, -0.05) is 40.0 Å². The van der Waals surface area contributed by atoms with Gasteiger partial charge in [0.2, 0.25) is 0 Å². The number of esters is 1. The molecule has 0 aliphatic heterocycles. The molecular formula is C16H33NO2. The van der Waals surface area contributed by atoms with Crippen molar-refractivity contribution in [3.05, 3.63) is 0 Å². The van der Waals surface area contributed by atoms with Crippen molar-refractivity contribution in [2.24, 2.45) is 5.41 Å². The minimum absolute atomic E-state index is 0.121. The molecule has 3 nitrogen and oxygen atoms in total. The van der Waals surface area contributed by atoms with Crippen molar-refractivity contribution in [1.29, 1.82) is 0 Å². The summed E-state index contributed by atoms with van der Waals surface area (Å²) in [4.78, 5) is 11.5. The summed E-state index contributed by atoms with van der Waals surface area (Å²) >= 11 is 0. The first-order chi connectivity index (χ1) is 8.66. The Morgan fingerprint density at radius 2 is 1.74 bits per heavy atom. The van der Waals surface area contributed by atoms with Crippen LogP contribution in [-0.4, -0.2) is 24.7 Å². The lowest BCUT2D eigenvalue weighted by molar-refractivity contribution is -0.154. The average Bonchev–Trinajstić information content (AvgIpc) is 2.22. The zero-order chi connectivity index (χ0) is 14.9. The molecule has 0 bridgehead atoms. The Bertz CT molecular complexity index is 254. The lowest BCUT2D eigenvalue weighted by Gasteiger charge is -2.25. The highest BCUT2D eigenvalue weighted by molar-refractivity contribution is 5.70. The van der Waals surface area contributed by atoms with E-state index in [1.54, 1.807) is 0 Å². The highest BCUT2D eigenvalue weighted by Gasteiger charge is 2.18. The van der Waals surface area contributed by atoms with Crippen molar-refractivity contribution >= 4 is 5.97 Å². The molecule has 0 atom stereocenters. The van der Waals surface area contributed by atoms with Crippen LogP contribution < -0.4 is 5.32 Å². The summed E-state index contributed by atoms with van der Waals surface area (Å²) in [6, 6.07) is 0. The second kappa shape index (κ2) is 8.57. The summed E-state index contributed by atoms with van der Waals surface area (Å²) in [5.41, 5.74) is -0.0698. The molecule has 114 valence electrons. The number of nitrogens with one attached hydrogen (secondary N) is 1. The van der Waals surface area contributed by atoms with Crippen molar-refractivity contribution in [1.82, 2.24) is 5.32 Å². The number of rotatable bonds is 9. The fourth-order valence-electron chi connectivity index (χ4n) is 1.95. The van der Waals surface area contributed by atoms with Gasteiger partial charge in [-0.05, 0) is 32.6 Å². The van der Waals surface area contributed by atoms with Gasteiger partial charge in [-0.2, -0.15) is 0 Å². The van der Waals surface area contributed by atoms with Gasteiger partial charge in [0, 0.05) is 13.1 Å². The summed E-state index contributed by atoms with van der Waals surface area (Å²) < 4.78 is 5.27. The molecule has 0 saturated carbocycles. The largest absolute Gasteiger partial charge is 0.460 e. The van der Waals surface area contributed by atoms with E-state index < -0.39 is 0 Å². The Kier molecular flexibility index (Phi) is 8.31. The first-order valence-electron chi connectivity index (χ1n) is 7.59. The van der Waals surface area contributed by atoms with E-state index in [1.165, 1.54) is 25.7 Å². The molecule has 0 heterocycles. The Morgan fingerprint density at radius 1 is 1.11 bits per heavy atom. The summed E-state index contributed by atoms with van der Waals surface area (Å²) in [7, 11) is 0. The van der Waals surface area contributed by atoms with E-state index in [4.69, 9.17) is 4.74 Å². The van der Waals surface area contributed by atoms with Crippen LogP contribution in [0.15, 0.2) is 0 Å². The smallest absolute Gasteiger partial charge is 0.307 e. The topological polar surface area (TPSA) is 38.3 Å². The van der Waals surface area contributed by atoms with Crippen LogP contribution in [0.2, 0.25) is 0 Å².